The van der Waals surface area contributed by atoms with Gasteiger partial charge in [-0.2, -0.15) is 0 Å². The molecule has 0 saturated carbocycles. The van der Waals surface area contributed by atoms with Crippen LogP contribution in [0.3, 0.4) is 0 Å². The van der Waals surface area contributed by atoms with Crippen LogP contribution in [0.15, 0.2) is 0 Å². The molecule has 0 atom stereocenters. The van der Waals surface area contributed by atoms with E-state index in [1.165, 1.54) is 12.8 Å². The molecule has 0 unspecified atom stereocenters. The van der Waals surface area contributed by atoms with Crippen molar-refractivity contribution in [3.63, 3.8) is 0 Å². The van der Waals surface area contributed by atoms with E-state index in [9.17, 15) is 4.79 Å². The molecule has 4 nitrogen and oxygen atoms in total. The van der Waals surface area contributed by atoms with E-state index in [0.29, 0.717) is 5.92 Å². The molecule has 1 aromatic heterocycles. The Labute approximate surface area is 112 Å². The van der Waals surface area contributed by atoms with Crippen molar-refractivity contribution >= 4 is 17.3 Å². The van der Waals surface area contributed by atoms with Gasteiger partial charge in [-0.1, -0.05) is 13.8 Å². The van der Waals surface area contributed by atoms with Crippen molar-refractivity contribution in [3.8, 4) is 0 Å². The van der Waals surface area contributed by atoms with E-state index in [2.05, 4.69) is 23.7 Å². The van der Waals surface area contributed by atoms with Crippen LogP contribution in [0.25, 0.3) is 0 Å². The highest BCUT2D eigenvalue weighted by Crippen LogP contribution is 2.27. The van der Waals surface area contributed by atoms with E-state index in [0.717, 1.165) is 35.2 Å². The summed E-state index contributed by atoms with van der Waals surface area (Å²) >= 11 is 1.68. The first-order valence-corrected chi connectivity index (χ1v) is 7.30. The molecule has 1 aliphatic heterocycles. The monoisotopic (exact) mass is 268 g/mol. The summed E-state index contributed by atoms with van der Waals surface area (Å²) in [5.74, 6) is -0.423. The third kappa shape index (κ3) is 3.29. The predicted octanol–water partition coefficient (Wildman–Crippen LogP) is 2.49. The Kier molecular flexibility index (Phi) is 4.35. The Morgan fingerprint density at radius 2 is 2.11 bits per heavy atom. The molecule has 100 valence electrons. The number of thiazole rings is 1. The summed E-state index contributed by atoms with van der Waals surface area (Å²) in [7, 11) is 0. The van der Waals surface area contributed by atoms with E-state index >= 15 is 0 Å². The summed E-state index contributed by atoms with van der Waals surface area (Å²) in [5, 5.41) is 10.0. The van der Waals surface area contributed by atoms with Crippen LogP contribution < -0.4 is 0 Å². The van der Waals surface area contributed by atoms with Crippen molar-refractivity contribution in [3.05, 3.63) is 15.6 Å². The Morgan fingerprint density at radius 1 is 1.44 bits per heavy atom. The Morgan fingerprint density at radius 3 is 2.67 bits per heavy atom. The van der Waals surface area contributed by atoms with Crippen LogP contribution in [0, 0.1) is 0 Å². The molecule has 0 radical (unpaired) electrons. The average Bonchev–Trinajstić information content (AvgIpc) is 2.89. The standard InChI is InChI=1S/C13H20N2O2S/c1-9(2)13-14-10(7-12(16)17)11(18-13)8-15-5-3-4-6-15/h9H,3-8H2,1-2H3,(H,16,17). The Hall–Kier alpha value is -0.940. The summed E-state index contributed by atoms with van der Waals surface area (Å²) < 4.78 is 0. The van der Waals surface area contributed by atoms with Crippen LogP contribution in [-0.2, 0) is 17.8 Å². The van der Waals surface area contributed by atoms with Gasteiger partial charge in [-0.05, 0) is 25.9 Å². The fraction of sp³-hybridized carbons (Fsp3) is 0.692. The van der Waals surface area contributed by atoms with Crippen molar-refractivity contribution in [1.29, 1.82) is 0 Å². The lowest BCUT2D eigenvalue weighted by molar-refractivity contribution is -0.136. The molecule has 1 aliphatic rings. The van der Waals surface area contributed by atoms with Crippen molar-refractivity contribution in [2.75, 3.05) is 13.1 Å². The first kappa shape index (κ1) is 13.5. The van der Waals surface area contributed by atoms with Gasteiger partial charge in [-0.15, -0.1) is 11.3 Å². The van der Waals surface area contributed by atoms with Gasteiger partial charge in [0.2, 0.25) is 0 Å². The van der Waals surface area contributed by atoms with Crippen molar-refractivity contribution in [2.45, 2.75) is 45.6 Å². The summed E-state index contributed by atoms with van der Waals surface area (Å²) in [4.78, 5) is 18.9. The fourth-order valence-corrected chi connectivity index (χ4v) is 3.33. The second-order valence-electron chi connectivity index (χ2n) is 5.13. The topological polar surface area (TPSA) is 53.4 Å². The highest BCUT2D eigenvalue weighted by atomic mass is 32.1. The first-order valence-electron chi connectivity index (χ1n) is 6.49. The molecule has 0 amide bonds. The third-order valence-corrected chi connectivity index (χ3v) is 4.56. The van der Waals surface area contributed by atoms with Gasteiger partial charge in [0.1, 0.15) is 0 Å². The SMILES string of the molecule is CC(C)c1nc(CC(=O)O)c(CN2CCCC2)s1. The number of hydrogen-bond donors (Lipinski definition) is 1. The molecule has 0 bridgehead atoms. The molecule has 0 aromatic carbocycles. The van der Waals surface area contributed by atoms with Crippen LogP contribution in [0.5, 0.6) is 0 Å². The number of rotatable bonds is 5. The molecule has 1 saturated heterocycles. The molecule has 5 heteroatoms. The zero-order chi connectivity index (χ0) is 13.1. The zero-order valence-electron chi connectivity index (χ0n) is 11.0. The highest BCUT2D eigenvalue weighted by molar-refractivity contribution is 7.11. The molecule has 2 rings (SSSR count). The number of carboxylic acid groups (broad SMARTS) is 1. The van der Waals surface area contributed by atoms with Crippen LogP contribution in [-0.4, -0.2) is 34.0 Å². The molecular formula is C13H20N2O2S. The number of aliphatic carboxylic acids is 1. The lowest BCUT2D eigenvalue weighted by Gasteiger charge is -2.13. The number of carbonyl (C=O) groups is 1. The van der Waals surface area contributed by atoms with E-state index in [1.807, 2.05) is 0 Å². The summed E-state index contributed by atoms with van der Waals surface area (Å²) in [6.45, 7) is 7.32. The maximum absolute atomic E-state index is 10.9. The first-order chi connectivity index (χ1) is 8.56. The van der Waals surface area contributed by atoms with E-state index in [-0.39, 0.29) is 6.42 Å². The van der Waals surface area contributed by atoms with Gasteiger partial charge >= 0.3 is 5.97 Å². The van der Waals surface area contributed by atoms with E-state index < -0.39 is 5.97 Å². The third-order valence-electron chi connectivity index (χ3n) is 3.17. The molecule has 1 fully saturated rings. The second-order valence-corrected chi connectivity index (χ2v) is 6.25. The summed E-state index contributed by atoms with van der Waals surface area (Å²) in [6.07, 6.45) is 2.56. The van der Waals surface area contributed by atoms with Crippen LogP contribution >= 0.6 is 11.3 Å². The van der Waals surface area contributed by atoms with Gasteiger partial charge in [0.25, 0.3) is 0 Å². The van der Waals surface area contributed by atoms with Crippen LogP contribution in [0.4, 0.5) is 0 Å². The molecule has 2 heterocycles. The summed E-state index contributed by atoms with van der Waals surface area (Å²) in [6, 6.07) is 0. The maximum Gasteiger partial charge on any atom is 0.309 e. The number of nitrogens with zero attached hydrogens (tertiary/aromatic N) is 2. The predicted molar refractivity (Wildman–Crippen MR) is 72.1 cm³/mol. The molecule has 0 aliphatic carbocycles. The highest BCUT2D eigenvalue weighted by Gasteiger charge is 2.19. The van der Waals surface area contributed by atoms with Crippen molar-refractivity contribution in [2.24, 2.45) is 0 Å². The molecule has 0 spiro atoms. The second kappa shape index (κ2) is 5.80. The van der Waals surface area contributed by atoms with Gasteiger partial charge in [0.15, 0.2) is 0 Å². The van der Waals surface area contributed by atoms with Gasteiger partial charge < -0.3 is 5.11 Å². The number of carboxylic acids is 1. The Bertz CT molecular complexity index is 423. The molecule has 18 heavy (non-hydrogen) atoms. The molecule has 1 aromatic rings. The van der Waals surface area contributed by atoms with Gasteiger partial charge in [-0.3, -0.25) is 9.69 Å². The van der Waals surface area contributed by atoms with E-state index in [1.54, 1.807) is 11.3 Å². The van der Waals surface area contributed by atoms with Crippen molar-refractivity contribution < 1.29 is 9.90 Å². The molecular weight excluding hydrogens is 248 g/mol. The van der Waals surface area contributed by atoms with Crippen molar-refractivity contribution in [1.82, 2.24) is 9.88 Å². The minimum atomic E-state index is -0.793. The normalized spacial score (nSPS) is 16.6. The maximum atomic E-state index is 10.9. The fourth-order valence-electron chi connectivity index (χ4n) is 2.20. The minimum Gasteiger partial charge on any atom is -0.481 e. The zero-order valence-corrected chi connectivity index (χ0v) is 11.8. The summed E-state index contributed by atoms with van der Waals surface area (Å²) in [5.41, 5.74) is 0.767. The van der Waals surface area contributed by atoms with Crippen LogP contribution in [0.2, 0.25) is 0 Å². The number of hydrogen-bond acceptors (Lipinski definition) is 4. The molecule has 1 N–H and O–H groups in total. The van der Waals surface area contributed by atoms with Gasteiger partial charge in [0.05, 0.1) is 17.1 Å². The largest absolute Gasteiger partial charge is 0.481 e. The lowest BCUT2D eigenvalue weighted by atomic mass is 10.2. The number of aromatic nitrogens is 1. The lowest BCUT2D eigenvalue weighted by Crippen LogP contribution is -2.19. The average molecular weight is 268 g/mol. The van der Waals surface area contributed by atoms with Gasteiger partial charge in [0, 0.05) is 17.3 Å². The van der Waals surface area contributed by atoms with Crippen LogP contribution in [0.1, 0.15) is 48.2 Å². The smallest absolute Gasteiger partial charge is 0.309 e. The number of likely N-dealkylation sites (tertiary alicyclic amines) is 1. The van der Waals surface area contributed by atoms with Gasteiger partial charge in [-0.25, -0.2) is 4.98 Å². The Balaban J connectivity index is 2.16. The minimum absolute atomic E-state index is 0.0480. The quantitative estimate of drug-likeness (QED) is 0.891. The van der Waals surface area contributed by atoms with E-state index in [4.69, 9.17) is 5.11 Å².